The lowest BCUT2D eigenvalue weighted by molar-refractivity contribution is 0.743. The highest BCUT2D eigenvalue weighted by molar-refractivity contribution is 5.83. The Kier molecular flexibility index (Phi) is 4.42. The molecule has 4 rings (SSSR count). The Morgan fingerprint density at radius 1 is 0.769 bits per heavy atom. The predicted octanol–water partition coefficient (Wildman–Crippen LogP) is 6.25. The van der Waals surface area contributed by atoms with Gasteiger partial charge in [0.2, 0.25) is 0 Å². The number of fused-ring (bicyclic) bond motifs is 2. The third-order valence-electron chi connectivity index (χ3n) is 5.18. The maximum atomic E-state index is 4.69. The average molecular weight is 340 g/mol. The summed E-state index contributed by atoms with van der Waals surface area (Å²) < 4.78 is 0. The maximum Gasteiger partial charge on any atom is 0.0704 e. The Hall–Kier alpha value is -2.74. The third-order valence-corrected chi connectivity index (χ3v) is 5.18. The van der Waals surface area contributed by atoms with Crippen LogP contribution in [0.15, 0.2) is 67.0 Å². The van der Waals surface area contributed by atoms with Crippen LogP contribution in [0.2, 0.25) is 0 Å². The molecule has 0 amide bonds. The molecule has 0 aliphatic heterocycles. The minimum Gasteiger partial charge on any atom is -0.261 e. The summed E-state index contributed by atoms with van der Waals surface area (Å²) in [4.78, 5) is 9.18. The zero-order chi connectivity index (χ0) is 18.1. The zero-order valence-corrected chi connectivity index (χ0v) is 15.6. The number of aromatic nitrogens is 2. The zero-order valence-electron chi connectivity index (χ0n) is 15.6. The van der Waals surface area contributed by atoms with Gasteiger partial charge in [-0.15, -0.1) is 0 Å². The van der Waals surface area contributed by atoms with Crippen LogP contribution >= 0.6 is 0 Å². The largest absolute Gasteiger partial charge is 0.261 e. The molecule has 0 fully saturated rings. The fourth-order valence-electron chi connectivity index (χ4n) is 3.50. The molecule has 0 aliphatic carbocycles. The van der Waals surface area contributed by atoms with E-state index in [0.717, 1.165) is 17.6 Å². The van der Waals surface area contributed by atoms with Gasteiger partial charge >= 0.3 is 0 Å². The topological polar surface area (TPSA) is 25.8 Å². The smallest absolute Gasteiger partial charge is 0.0704 e. The number of nitrogens with zero attached hydrogens (tertiary/aromatic N) is 2. The molecule has 2 nitrogen and oxygen atoms in total. The maximum absolute atomic E-state index is 4.69. The molecule has 1 atom stereocenters. The molecule has 4 aromatic rings. The SMILES string of the molecule is CC(C)c1ccc2cnc(CC(C)c3ccc4cccnc4c3)cc2c1. The standard InChI is InChI=1S/C24H24N2/c1-16(2)19-7-9-21-15-26-23(13-22(21)12-19)11-17(3)20-8-6-18-5-4-10-25-24(18)14-20/h4-10,12-17H,11H2,1-3H3. The molecule has 0 bridgehead atoms. The van der Waals surface area contributed by atoms with E-state index < -0.39 is 0 Å². The van der Waals surface area contributed by atoms with E-state index >= 15 is 0 Å². The summed E-state index contributed by atoms with van der Waals surface area (Å²) in [6.07, 6.45) is 4.79. The predicted molar refractivity (Wildman–Crippen MR) is 110 cm³/mol. The van der Waals surface area contributed by atoms with E-state index in [9.17, 15) is 0 Å². The summed E-state index contributed by atoms with van der Waals surface area (Å²) in [7, 11) is 0. The molecule has 2 aromatic heterocycles. The fourth-order valence-corrected chi connectivity index (χ4v) is 3.50. The number of pyridine rings is 2. The van der Waals surface area contributed by atoms with E-state index in [1.165, 1.54) is 27.3 Å². The molecule has 2 heterocycles. The van der Waals surface area contributed by atoms with Gasteiger partial charge in [0.05, 0.1) is 5.52 Å². The van der Waals surface area contributed by atoms with Crippen LogP contribution in [-0.2, 0) is 6.42 Å². The first-order valence-electron chi connectivity index (χ1n) is 9.33. The second-order valence-corrected chi connectivity index (χ2v) is 7.50. The molecule has 0 radical (unpaired) electrons. The molecule has 1 unspecified atom stereocenters. The normalized spacial score (nSPS) is 12.8. The van der Waals surface area contributed by atoms with Crippen molar-refractivity contribution in [2.45, 2.75) is 39.0 Å². The Bertz CT molecular complexity index is 1070. The van der Waals surface area contributed by atoms with Crippen LogP contribution in [0, 0.1) is 0 Å². The molecule has 0 spiro atoms. The van der Waals surface area contributed by atoms with Crippen LogP contribution in [0.4, 0.5) is 0 Å². The molecule has 26 heavy (non-hydrogen) atoms. The Balaban J connectivity index is 1.62. The minimum absolute atomic E-state index is 0.402. The lowest BCUT2D eigenvalue weighted by atomic mass is 9.94. The lowest BCUT2D eigenvalue weighted by Gasteiger charge is -2.13. The number of benzene rings is 2. The van der Waals surface area contributed by atoms with Crippen LogP contribution < -0.4 is 0 Å². The van der Waals surface area contributed by atoms with Crippen molar-refractivity contribution in [1.29, 1.82) is 0 Å². The van der Waals surface area contributed by atoms with Crippen molar-refractivity contribution in [3.63, 3.8) is 0 Å². The van der Waals surface area contributed by atoms with Crippen molar-refractivity contribution in [3.05, 3.63) is 83.8 Å². The first-order valence-corrected chi connectivity index (χ1v) is 9.33. The number of rotatable bonds is 4. The molecule has 0 N–H and O–H groups in total. The molecule has 2 heteroatoms. The van der Waals surface area contributed by atoms with Crippen LogP contribution in [0.1, 0.15) is 49.4 Å². The van der Waals surface area contributed by atoms with Crippen molar-refractivity contribution in [3.8, 4) is 0 Å². The Morgan fingerprint density at radius 2 is 1.58 bits per heavy atom. The Labute approximate surface area is 154 Å². The quantitative estimate of drug-likeness (QED) is 0.438. The summed E-state index contributed by atoms with van der Waals surface area (Å²) in [5, 5.41) is 3.68. The van der Waals surface area contributed by atoms with Crippen LogP contribution in [0.3, 0.4) is 0 Å². The van der Waals surface area contributed by atoms with Gasteiger partial charge in [0.1, 0.15) is 0 Å². The van der Waals surface area contributed by atoms with E-state index in [-0.39, 0.29) is 0 Å². The number of hydrogen-bond acceptors (Lipinski definition) is 2. The second kappa shape index (κ2) is 6.87. The van der Waals surface area contributed by atoms with Gasteiger partial charge in [-0.3, -0.25) is 9.97 Å². The van der Waals surface area contributed by atoms with Gasteiger partial charge < -0.3 is 0 Å². The summed E-state index contributed by atoms with van der Waals surface area (Å²) in [5.41, 5.74) is 4.90. The van der Waals surface area contributed by atoms with Crippen LogP contribution in [0.5, 0.6) is 0 Å². The summed E-state index contributed by atoms with van der Waals surface area (Å²) in [6.45, 7) is 6.73. The lowest BCUT2D eigenvalue weighted by Crippen LogP contribution is -2.01. The second-order valence-electron chi connectivity index (χ2n) is 7.50. The first-order chi connectivity index (χ1) is 12.6. The highest BCUT2D eigenvalue weighted by Crippen LogP contribution is 2.26. The van der Waals surface area contributed by atoms with E-state index in [1.54, 1.807) is 0 Å². The molecular weight excluding hydrogens is 316 g/mol. The summed E-state index contributed by atoms with van der Waals surface area (Å²) in [6, 6.07) is 19.6. The molecule has 0 aliphatic rings. The molecular formula is C24H24N2. The third kappa shape index (κ3) is 3.32. The molecule has 130 valence electrons. The van der Waals surface area contributed by atoms with E-state index in [4.69, 9.17) is 4.98 Å². The van der Waals surface area contributed by atoms with Crippen molar-refractivity contribution in [2.24, 2.45) is 0 Å². The highest BCUT2D eigenvalue weighted by atomic mass is 14.7. The van der Waals surface area contributed by atoms with Crippen molar-refractivity contribution in [1.82, 2.24) is 9.97 Å². The summed E-state index contributed by atoms with van der Waals surface area (Å²) >= 11 is 0. The van der Waals surface area contributed by atoms with Gasteiger partial charge in [0, 0.05) is 28.9 Å². The summed E-state index contributed by atoms with van der Waals surface area (Å²) in [5.74, 6) is 0.944. The van der Waals surface area contributed by atoms with E-state index in [2.05, 4.69) is 74.3 Å². The fraction of sp³-hybridized carbons (Fsp3) is 0.250. The molecule has 2 aromatic carbocycles. The monoisotopic (exact) mass is 340 g/mol. The van der Waals surface area contributed by atoms with Crippen molar-refractivity contribution >= 4 is 21.7 Å². The molecule has 0 saturated carbocycles. The van der Waals surface area contributed by atoms with Crippen LogP contribution in [0.25, 0.3) is 21.7 Å². The first kappa shape index (κ1) is 16.7. The van der Waals surface area contributed by atoms with Gasteiger partial charge in [-0.1, -0.05) is 57.2 Å². The number of hydrogen-bond donors (Lipinski definition) is 0. The highest BCUT2D eigenvalue weighted by Gasteiger charge is 2.10. The van der Waals surface area contributed by atoms with Crippen molar-refractivity contribution < 1.29 is 0 Å². The van der Waals surface area contributed by atoms with Gasteiger partial charge in [-0.2, -0.15) is 0 Å². The average Bonchev–Trinajstić information content (AvgIpc) is 2.67. The van der Waals surface area contributed by atoms with Gasteiger partial charge in [0.15, 0.2) is 0 Å². The van der Waals surface area contributed by atoms with Gasteiger partial charge in [0.25, 0.3) is 0 Å². The minimum atomic E-state index is 0.402. The van der Waals surface area contributed by atoms with Crippen molar-refractivity contribution in [2.75, 3.05) is 0 Å². The van der Waals surface area contributed by atoms with Crippen LogP contribution in [-0.4, -0.2) is 9.97 Å². The van der Waals surface area contributed by atoms with Gasteiger partial charge in [-0.25, -0.2) is 0 Å². The Morgan fingerprint density at radius 3 is 2.42 bits per heavy atom. The van der Waals surface area contributed by atoms with Gasteiger partial charge in [-0.05, 0) is 53.0 Å². The van der Waals surface area contributed by atoms with E-state index in [1.807, 2.05) is 18.5 Å². The molecule has 0 saturated heterocycles. The van der Waals surface area contributed by atoms with E-state index in [0.29, 0.717) is 11.8 Å².